The van der Waals surface area contributed by atoms with Crippen LogP contribution in [0.1, 0.15) is 18.9 Å². The predicted octanol–water partition coefficient (Wildman–Crippen LogP) is 1.97. The number of anilines is 1. The normalized spacial score (nSPS) is 23.4. The molecule has 1 fully saturated rings. The van der Waals surface area contributed by atoms with E-state index in [2.05, 4.69) is 6.92 Å². The molecular formula is C14H20FN3O. The third-order valence-electron chi connectivity index (χ3n) is 3.79. The maximum atomic E-state index is 13.8. The summed E-state index contributed by atoms with van der Waals surface area (Å²) in [4.78, 5) is 2.05. The zero-order chi connectivity index (χ0) is 14.0. The van der Waals surface area contributed by atoms with Crippen LogP contribution in [0.25, 0.3) is 0 Å². The number of nitrogen functional groups attached to an aromatic ring is 1. The third-order valence-corrected chi connectivity index (χ3v) is 3.79. The molecule has 0 bridgehead atoms. The molecule has 2 rings (SSSR count). The van der Waals surface area contributed by atoms with Gasteiger partial charge in [0, 0.05) is 20.2 Å². The highest BCUT2D eigenvalue weighted by atomic mass is 19.1. The summed E-state index contributed by atoms with van der Waals surface area (Å²) in [5, 5.41) is 7.55. The summed E-state index contributed by atoms with van der Waals surface area (Å²) in [6.45, 7) is 3.68. The zero-order valence-electron chi connectivity index (χ0n) is 11.3. The van der Waals surface area contributed by atoms with Crippen LogP contribution >= 0.6 is 0 Å². The summed E-state index contributed by atoms with van der Waals surface area (Å²) in [6, 6.07) is 4.79. The lowest BCUT2D eigenvalue weighted by Gasteiger charge is -2.38. The van der Waals surface area contributed by atoms with Gasteiger partial charge in [0.1, 0.15) is 11.7 Å². The predicted molar refractivity (Wildman–Crippen MR) is 74.2 cm³/mol. The molecule has 0 amide bonds. The summed E-state index contributed by atoms with van der Waals surface area (Å²) >= 11 is 0. The average Bonchev–Trinajstić information content (AvgIpc) is 2.38. The van der Waals surface area contributed by atoms with Crippen LogP contribution in [-0.4, -0.2) is 32.1 Å². The van der Waals surface area contributed by atoms with Gasteiger partial charge in [-0.3, -0.25) is 5.41 Å². The highest BCUT2D eigenvalue weighted by Gasteiger charge is 2.28. The minimum atomic E-state index is -0.447. The Hall–Kier alpha value is -1.62. The van der Waals surface area contributed by atoms with Crippen molar-refractivity contribution in [3.05, 3.63) is 29.6 Å². The van der Waals surface area contributed by atoms with Gasteiger partial charge in [-0.25, -0.2) is 4.39 Å². The average molecular weight is 265 g/mol. The number of rotatable bonds is 3. The maximum Gasteiger partial charge on any atom is 0.136 e. The molecule has 104 valence electrons. The molecular weight excluding hydrogens is 245 g/mol. The molecule has 0 radical (unpaired) electrons. The van der Waals surface area contributed by atoms with Crippen LogP contribution < -0.4 is 10.6 Å². The van der Waals surface area contributed by atoms with Gasteiger partial charge in [-0.2, -0.15) is 0 Å². The molecule has 0 saturated carbocycles. The molecule has 1 aliphatic heterocycles. The molecule has 4 nitrogen and oxygen atoms in total. The fraction of sp³-hybridized carbons (Fsp3) is 0.500. The number of benzene rings is 1. The van der Waals surface area contributed by atoms with Crippen LogP contribution in [-0.2, 0) is 4.74 Å². The van der Waals surface area contributed by atoms with Crippen molar-refractivity contribution in [1.29, 1.82) is 5.41 Å². The van der Waals surface area contributed by atoms with E-state index in [-0.39, 0.29) is 17.5 Å². The summed E-state index contributed by atoms with van der Waals surface area (Å²) < 4.78 is 19.3. The minimum Gasteiger partial charge on any atom is -0.384 e. The van der Waals surface area contributed by atoms with Crippen molar-refractivity contribution in [2.24, 2.45) is 11.7 Å². The van der Waals surface area contributed by atoms with Gasteiger partial charge in [0.15, 0.2) is 0 Å². The van der Waals surface area contributed by atoms with Crippen molar-refractivity contribution in [2.45, 2.75) is 19.4 Å². The van der Waals surface area contributed by atoms with Crippen LogP contribution in [0.4, 0.5) is 10.1 Å². The van der Waals surface area contributed by atoms with Crippen molar-refractivity contribution in [2.75, 3.05) is 25.1 Å². The Morgan fingerprint density at radius 2 is 2.26 bits per heavy atom. The van der Waals surface area contributed by atoms with E-state index in [1.807, 2.05) is 11.0 Å². The number of hydrogen-bond donors (Lipinski definition) is 2. The smallest absolute Gasteiger partial charge is 0.136 e. The lowest BCUT2D eigenvalue weighted by molar-refractivity contribution is 0.0498. The van der Waals surface area contributed by atoms with Crippen LogP contribution in [0, 0.1) is 17.1 Å². The Labute approximate surface area is 112 Å². The van der Waals surface area contributed by atoms with Gasteiger partial charge in [0.2, 0.25) is 0 Å². The van der Waals surface area contributed by atoms with E-state index in [1.54, 1.807) is 13.2 Å². The molecule has 2 atom stereocenters. The molecule has 2 unspecified atom stereocenters. The van der Waals surface area contributed by atoms with Crippen molar-refractivity contribution in [3.63, 3.8) is 0 Å². The lowest BCUT2D eigenvalue weighted by Crippen LogP contribution is -2.44. The molecule has 5 heteroatoms. The first kappa shape index (κ1) is 13.8. The van der Waals surface area contributed by atoms with Gasteiger partial charge >= 0.3 is 0 Å². The fourth-order valence-electron chi connectivity index (χ4n) is 2.60. The van der Waals surface area contributed by atoms with E-state index < -0.39 is 5.82 Å². The van der Waals surface area contributed by atoms with Gasteiger partial charge in [0.05, 0.1) is 17.4 Å². The van der Waals surface area contributed by atoms with Crippen molar-refractivity contribution in [1.82, 2.24) is 0 Å². The summed E-state index contributed by atoms with van der Waals surface area (Å²) in [7, 11) is 1.70. The summed E-state index contributed by atoms with van der Waals surface area (Å²) in [5.41, 5.74) is 6.37. The van der Waals surface area contributed by atoms with Gasteiger partial charge < -0.3 is 15.4 Å². The first-order valence-electron chi connectivity index (χ1n) is 6.45. The number of hydrogen-bond acceptors (Lipinski definition) is 3. The van der Waals surface area contributed by atoms with Crippen LogP contribution in [0.5, 0.6) is 0 Å². The van der Waals surface area contributed by atoms with E-state index in [0.29, 0.717) is 18.2 Å². The number of amidine groups is 1. The number of ether oxygens (including phenoxy) is 1. The fourth-order valence-corrected chi connectivity index (χ4v) is 2.60. The Kier molecular flexibility index (Phi) is 4.04. The Morgan fingerprint density at radius 1 is 1.53 bits per heavy atom. The maximum absolute atomic E-state index is 13.8. The summed E-state index contributed by atoms with van der Waals surface area (Å²) in [6.07, 6.45) is 1.10. The van der Waals surface area contributed by atoms with E-state index >= 15 is 0 Å². The van der Waals surface area contributed by atoms with Gasteiger partial charge in [-0.15, -0.1) is 0 Å². The molecule has 0 spiro atoms. The second kappa shape index (κ2) is 5.57. The largest absolute Gasteiger partial charge is 0.384 e. The first-order chi connectivity index (χ1) is 9.04. The Balaban J connectivity index is 2.32. The van der Waals surface area contributed by atoms with Gasteiger partial charge in [0.25, 0.3) is 0 Å². The molecule has 1 saturated heterocycles. The number of nitrogens with one attached hydrogen (secondary N) is 1. The molecule has 3 N–H and O–H groups in total. The highest BCUT2D eigenvalue weighted by Crippen LogP contribution is 2.28. The summed E-state index contributed by atoms with van der Waals surface area (Å²) in [5.74, 6) is -0.200. The molecule has 1 aromatic carbocycles. The van der Waals surface area contributed by atoms with Crippen molar-refractivity contribution < 1.29 is 9.13 Å². The van der Waals surface area contributed by atoms with E-state index in [9.17, 15) is 4.39 Å². The number of nitrogens with two attached hydrogens (primary N) is 1. The second-order valence-electron chi connectivity index (χ2n) is 5.03. The molecule has 1 aliphatic rings. The van der Waals surface area contributed by atoms with Gasteiger partial charge in [-0.1, -0.05) is 13.0 Å². The molecule has 0 aromatic heterocycles. The third kappa shape index (κ3) is 2.71. The SMILES string of the molecule is COC1CN(c2cccc(F)c2C(=N)N)CCC1C. The van der Waals surface area contributed by atoms with E-state index in [4.69, 9.17) is 15.9 Å². The van der Waals surface area contributed by atoms with E-state index in [0.717, 1.165) is 13.0 Å². The Bertz CT molecular complexity index is 478. The molecule has 1 heterocycles. The van der Waals surface area contributed by atoms with Crippen molar-refractivity contribution in [3.8, 4) is 0 Å². The number of halogens is 1. The van der Waals surface area contributed by atoms with Crippen LogP contribution in [0.3, 0.4) is 0 Å². The quantitative estimate of drug-likeness (QED) is 0.649. The monoisotopic (exact) mass is 265 g/mol. The minimum absolute atomic E-state index is 0.122. The highest BCUT2D eigenvalue weighted by molar-refractivity contribution is 6.00. The first-order valence-corrected chi connectivity index (χ1v) is 6.45. The van der Waals surface area contributed by atoms with Crippen LogP contribution in [0.2, 0.25) is 0 Å². The second-order valence-corrected chi connectivity index (χ2v) is 5.03. The molecule has 0 aliphatic carbocycles. The van der Waals surface area contributed by atoms with Crippen molar-refractivity contribution >= 4 is 11.5 Å². The Morgan fingerprint density at radius 3 is 2.89 bits per heavy atom. The standard InChI is InChI=1S/C14H20FN3O/c1-9-6-7-18(8-12(9)19-2)11-5-3-4-10(15)13(11)14(16)17/h3-5,9,12H,6-8H2,1-2H3,(H3,16,17). The van der Waals surface area contributed by atoms with Gasteiger partial charge in [-0.05, 0) is 24.5 Å². The topological polar surface area (TPSA) is 62.3 Å². The zero-order valence-corrected chi connectivity index (χ0v) is 11.3. The van der Waals surface area contributed by atoms with E-state index in [1.165, 1.54) is 6.07 Å². The molecule has 1 aromatic rings. The number of methoxy groups -OCH3 is 1. The number of piperidine rings is 1. The van der Waals surface area contributed by atoms with Crippen LogP contribution in [0.15, 0.2) is 18.2 Å². The molecule has 19 heavy (non-hydrogen) atoms. The number of nitrogens with zero attached hydrogens (tertiary/aromatic N) is 1. The lowest BCUT2D eigenvalue weighted by atomic mass is 9.94.